The minimum absolute atomic E-state index is 0.0505. The molecule has 0 aliphatic carbocycles. The summed E-state index contributed by atoms with van der Waals surface area (Å²) in [6.07, 6.45) is 3.97. The number of carbonyl (C=O) groups excluding carboxylic acids is 1. The van der Waals surface area contributed by atoms with E-state index in [1.54, 1.807) is 39.2 Å². The molecule has 130 valence electrons. The number of anilines is 1. The second kappa shape index (κ2) is 7.57. The van der Waals surface area contributed by atoms with Crippen LogP contribution in [0.4, 0.5) is 10.1 Å². The predicted molar refractivity (Wildman–Crippen MR) is 96.0 cm³/mol. The molecular weight excluding hydrogens is 339 g/mol. The van der Waals surface area contributed by atoms with Gasteiger partial charge in [0.25, 0.3) is 0 Å². The fourth-order valence-electron chi connectivity index (χ4n) is 2.52. The second-order valence-electron chi connectivity index (χ2n) is 5.84. The summed E-state index contributed by atoms with van der Waals surface area (Å²) in [5.41, 5.74) is 2.55. The number of rotatable bonds is 6. The van der Waals surface area contributed by atoms with Gasteiger partial charge in [-0.1, -0.05) is 0 Å². The Hall–Kier alpha value is -2.54. The topological polar surface area (TPSA) is 51.0 Å². The molecule has 0 radical (unpaired) electrons. The van der Waals surface area contributed by atoms with Gasteiger partial charge < -0.3 is 4.90 Å². The zero-order valence-electron chi connectivity index (χ0n) is 14.1. The number of thiazole rings is 1. The van der Waals surface area contributed by atoms with Gasteiger partial charge >= 0.3 is 0 Å². The van der Waals surface area contributed by atoms with Gasteiger partial charge in [0.15, 0.2) is 0 Å². The molecule has 25 heavy (non-hydrogen) atoms. The minimum atomic E-state index is -0.326. The Morgan fingerprint density at radius 2 is 2.04 bits per heavy atom. The average Bonchev–Trinajstić information content (AvgIpc) is 3.19. The highest BCUT2D eigenvalue weighted by Crippen LogP contribution is 2.20. The summed E-state index contributed by atoms with van der Waals surface area (Å²) in [6, 6.07) is 5.95. The number of hydrogen-bond acceptors (Lipinski definition) is 4. The molecule has 1 amide bonds. The highest BCUT2D eigenvalue weighted by Gasteiger charge is 2.18. The third kappa shape index (κ3) is 4.51. The van der Waals surface area contributed by atoms with Crippen LogP contribution in [-0.4, -0.2) is 20.7 Å². The fraction of sp³-hybridized carbons (Fsp3) is 0.278. The molecule has 0 aliphatic heterocycles. The Balaban J connectivity index is 1.76. The fourth-order valence-corrected chi connectivity index (χ4v) is 3.13. The van der Waals surface area contributed by atoms with Crippen LogP contribution in [0.25, 0.3) is 0 Å². The Labute approximate surface area is 149 Å². The monoisotopic (exact) mass is 358 g/mol. The molecule has 0 saturated heterocycles. The zero-order valence-corrected chi connectivity index (χ0v) is 15.0. The van der Waals surface area contributed by atoms with Gasteiger partial charge in [0.2, 0.25) is 5.91 Å². The van der Waals surface area contributed by atoms with Crippen molar-refractivity contribution in [1.82, 2.24) is 14.8 Å². The van der Waals surface area contributed by atoms with E-state index in [-0.39, 0.29) is 11.7 Å². The van der Waals surface area contributed by atoms with E-state index in [4.69, 9.17) is 0 Å². The molecule has 0 fully saturated rings. The van der Waals surface area contributed by atoms with Gasteiger partial charge in [0.1, 0.15) is 5.82 Å². The first-order valence-corrected chi connectivity index (χ1v) is 8.85. The number of aromatic nitrogens is 3. The Morgan fingerprint density at radius 3 is 2.64 bits per heavy atom. The number of halogens is 1. The van der Waals surface area contributed by atoms with Gasteiger partial charge in [0.05, 0.1) is 23.4 Å². The Morgan fingerprint density at radius 1 is 1.28 bits per heavy atom. The molecule has 0 bridgehead atoms. The van der Waals surface area contributed by atoms with E-state index in [1.165, 1.54) is 12.1 Å². The van der Waals surface area contributed by atoms with E-state index in [0.29, 0.717) is 25.2 Å². The van der Waals surface area contributed by atoms with Crippen molar-refractivity contribution in [1.29, 1.82) is 0 Å². The minimum Gasteiger partial charge on any atom is -0.306 e. The maximum Gasteiger partial charge on any atom is 0.229 e. The van der Waals surface area contributed by atoms with Crippen molar-refractivity contribution in [3.8, 4) is 0 Å². The molecule has 7 heteroatoms. The van der Waals surface area contributed by atoms with E-state index in [2.05, 4.69) is 10.1 Å². The number of amides is 1. The summed E-state index contributed by atoms with van der Waals surface area (Å²) in [5.74, 6) is -0.377. The van der Waals surface area contributed by atoms with Gasteiger partial charge in [-0.15, -0.1) is 11.3 Å². The lowest BCUT2D eigenvalue weighted by atomic mass is 10.2. The van der Waals surface area contributed by atoms with Crippen LogP contribution in [0.1, 0.15) is 22.7 Å². The van der Waals surface area contributed by atoms with Gasteiger partial charge in [0, 0.05) is 30.2 Å². The van der Waals surface area contributed by atoms with E-state index >= 15 is 0 Å². The molecular formula is C18H19FN4OS. The molecule has 0 spiro atoms. The number of benzene rings is 1. The lowest BCUT2D eigenvalue weighted by molar-refractivity contribution is -0.119. The predicted octanol–water partition coefficient (Wildman–Crippen LogP) is 3.72. The Bertz CT molecular complexity index is 856. The summed E-state index contributed by atoms with van der Waals surface area (Å²) in [4.78, 5) is 18.9. The average molecular weight is 358 g/mol. The molecule has 3 rings (SSSR count). The maximum absolute atomic E-state index is 13.2. The molecule has 3 aromatic rings. The maximum atomic E-state index is 13.2. The molecule has 2 aromatic heterocycles. The van der Waals surface area contributed by atoms with Crippen molar-refractivity contribution in [3.05, 3.63) is 64.1 Å². The highest BCUT2D eigenvalue weighted by atomic mass is 32.1. The third-order valence-corrected chi connectivity index (χ3v) is 4.57. The smallest absolute Gasteiger partial charge is 0.229 e. The van der Waals surface area contributed by atoms with Gasteiger partial charge in [-0.25, -0.2) is 9.37 Å². The van der Waals surface area contributed by atoms with Crippen LogP contribution in [0, 0.1) is 19.7 Å². The quantitative estimate of drug-likeness (QED) is 0.675. The SMILES string of the molecule is Cc1cnn(CCC(=O)N(Cc2csc(C)n2)c2ccc(F)cc2)c1. The molecule has 0 aliphatic rings. The van der Waals surface area contributed by atoms with E-state index in [1.807, 2.05) is 25.4 Å². The molecule has 1 aromatic carbocycles. The van der Waals surface area contributed by atoms with Crippen LogP contribution in [-0.2, 0) is 17.9 Å². The standard InChI is InChI=1S/C18H19FN4OS/c1-13-9-20-22(10-13)8-7-18(24)23(11-16-12-25-14(2)21-16)17-5-3-15(19)4-6-17/h3-6,9-10,12H,7-8,11H2,1-2H3. The summed E-state index contributed by atoms with van der Waals surface area (Å²) in [5, 5.41) is 7.10. The molecule has 2 heterocycles. The highest BCUT2D eigenvalue weighted by molar-refractivity contribution is 7.09. The van der Waals surface area contributed by atoms with Gasteiger partial charge in [-0.2, -0.15) is 5.10 Å². The normalized spacial score (nSPS) is 10.8. The van der Waals surface area contributed by atoms with Crippen molar-refractivity contribution < 1.29 is 9.18 Å². The summed E-state index contributed by atoms with van der Waals surface area (Å²) in [7, 11) is 0. The van der Waals surface area contributed by atoms with Crippen molar-refractivity contribution in [2.45, 2.75) is 33.4 Å². The molecule has 0 atom stereocenters. The van der Waals surface area contributed by atoms with E-state index in [0.717, 1.165) is 16.3 Å². The first kappa shape index (κ1) is 17.3. The van der Waals surface area contributed by atoms with Gasteiger partial charge in [-0.05, 0) is 43.7 Å². The number of carbonyl (C=O) groups is 1. The van der Waals surface area contributed by atoms with Crippen molar-refractivity contribution in [3.63, 3.8) is 0 Å². The lowest BCUT2D eigenvalue weighted by Crippen LogP contribution is -2.31. The van der Waals surface area contributed by atoms with Crippen molar-refractivity contribution in [2.75, 3.05) is 4.90 Å². The van der Waals surface area contributed by atoms with Crippen LogP contribution in [0.3, 0.4) is 0 Å². The second-order valence-corrected chi connectivity index (χ2v) is 6.91. The summed E-state index contributed by atoms with van der Waals surface area (Å²) >= 11 is 1.55. The largest absolute Gasteiger partial charge is 0.306 e. The molecule has 0 unspecified atom stereocenters. The first-order valence-electron chi connectivity index (χ1n) is 7.97. The van der Waals surface area contributed by atoms with Gasteiger partial charge in [-0.3, -0.25) is 9.48 Å². The van der Waals surface area contributed by atoms with Crippen LogP contribution in [0.5, 0.6) is 0 Å². The van der Waals surface area contributed by atoms with E-state index < -0.39 is 0 Å². The number of aryl methyl sites for hydroxylation is 3. The zero-order chi connectivity index (χ0) is 17.8. The molecule has 0 N–H and O–H groups in total. The lowest BCUT2D eigenvalue weighted by Gasteiger charge is -2.22. The third-order valence-electron chi connectivity index (χ3n) is 3.74. The number of hydrogen-bond donors (Lipinski definition) is 0. The molecule has 5 nitrogen and oxygen atoms in total. The van der Waals surface area contributed by atoms with E-state index in [9.17, 15) is 9.18 Å². The number of nitrogens with zero attached hydrogens (tertiary/aromatic N) is 4. The first-order chi connectivity index (χ1) is 12.0. The van der Waals surface area contributed by atoms with Crippen molar-refractivity contribution >= 4 is 22.9 Å². The van der Waals surface area contributed by atoms with Crippen LogP contribution < -0.4 is 4.90 Å². The summed E-state index contributed by atoms with van der Waals surface area (Å²) in [6.45, 7) is 4.76. The summed E-state index contributed by atoms with van der Waals surface area (Å²) < 4.78 is 15.0. The van der Waals surface area contributed by atoms with Crippen molar-refractivity contribution in [2.24, 2.45) is 0 Å². The molecule has 0 saturated carbocycles. The Kier molecular flexibility index (Phi) is 5.23. The van der Waals surface area contributed by atoms with Crippen LogP contribution in [0.15, 0.2) is 42.0 Å². The van der Waals surface area contributed by atoms with Crippen LogP contribution in [0.2, 0.25) is 0 Å². The van der Waals surface area contributed by atoms with Crippen LogP contribution >= 0.6 is 11.3 Å².